The maximum atomic E-state index is 13.1. The van der Waals surface area contributed by atoms with Crippen molar-refractivity contribution < 1.29 is 13.2 Å². The summed E-state index contributed by atoms with van der Waals surface area (Å²) in [5.74, 6) is 0.718. The van der Waals surface area contributed by atoms with E-state index >= 15 is 0 Å². The molecule has 0 saturated heterocycles. The van der Waals surface area contributed by atoms with Gasteiger partial charge in [-0.15, -0.1) is 0 Å². The van der Waals surface area contributed by atoms with E-state index in [2.05, 4.69) is 39.8 Å². The highest BCUT2D eigenvalue weighted by Gasteiger charge is 2.52. The van der Waals surface area contributed by atoms with Crippen molar-refractivity contribution in [2.75, 3.05) is 0 Å². The minimum atomic E-state index is -4.08. The van der Waals surface area contributed by atoms with Gasteiger partial charge in [0.2, 0.25) is 0 Å². The van der Waals surface area contributed by atoms with Gasteiger partial charge in [0.1, 0.15) is 0 Å². The molecule has 0 N–H and O–H groups in total. The Labute approximate surface area is 132 Å². The topological polar surface area (TPSA) is 0 Å². The standard InChI is InChI=1S/C19H27F3/c1-12(2)17-11-16(10-13(3)14(17)4)15-6-8-18(5,9-7-15)19(20,21)22/h10-12,15H,6-9H2,1-5H3. The number of benzene rings is 1. The number of rotatable bonds is 2. The van der Waals surface area contributed by atoms with Gasteiger partial charge in [-0.3, -0.25) is 0 Å². The fourth-order valence-electron chi connectivity index (χ4n) is 3.62. The smallest absolute Gasteiger partial charge is 0.171 e. The van der Waals surface area contributed by atoms with E-state index in [-0.39, 0.29) is 18.8 Å². The third-order valence-corrected chi connectivity index (χ3v) is 5.60. The summed E-state index contributed by atoms with van der Waals surface area (Å²) in [6, 6.07) is 4.41. The second-order valence-electron chi connectivity index (χ2n) is 7.54. The number of hydrogen-bond donors (Lipinski definition) is 0. The molecule has 0 aromatic heterocycles. The van der Waals surface area contributed by atoms with Gasteiger partial charge in [0.25, 0.3) is 0 Å². The average molecular weight is 312 g/mol. The minimum Gasteiger partial charge on any atom is -0.171 e. The van der Waals surface area contributed by atoms with Gasteiger partial charge >= 0.3 is 6.18 Å². The molecule has 0 radical (unpaired) electrons. The molecule has 1 fully saturated rings. The molecule has 2 rings (SSSR count). The molecule has 0 spiro atoms. The van der Waals surface area contributed by atoms with Gasteiger partial charge < -0.3 is 0 Å². The van der Waals surface area contributed by atoms with E-state index in [1.807, 2.05) is 0 Å². The van der Waals surface area contributed by atoms with Crippen LogP contribution in [0, 0.1) is 19.3 Å². The molecule has 1 saturated carbocycles. The predicted octanol–water partition coefficient (Wildman–Crippen LogP) is 6.65. The van der Waals surface area contributed by atoms with Crippen molar-refractivity contribution in [1.29, 1.82) is 0 Å². The van der Waals surface area contributed by atoms with Crippen molar-refractivity contribution >= 4 is 0 Å². The SMILES string of the molecule is Cc1cc(C2CCC(C)(C(F)(F)F)CC2)cc(C(C)C)c1C. The summed E-state index contributed by atoms with van der Waals surface area (Å²) in [5, 5.41) is 0. The molecule has 0 nitrogen and oxygen atoms in total. The van der Waals surface area contributed by atoms with Crippen LogP contribution in [0.5, 0.6) is 0 Å². The van der Waals surface area contributed by atoms with Gasteiger partial charge in [-0.2, -0.15) is 13.2 Å². The van der Waals surface area contributed by atoms with E-state index in [1.54, 1.807) is 0 Å². The fraction of sp³-hybridized carbons (Fsp3) is 0.684. The van der Waals surface area contributed by atoms with Crippen LogP contribution in [0.4, 0.5) is 13.2 Å². The van der Waals surface area contributed by atoms with Crippen molar-refractivity contribution in [2.24, 2.45) is 5.41 Å². The van der Waals surface area contributed by atoms with E-state index in [0.717, 1.165) is 0 Å². The van der Waals surface area contributed by atoms with Gasteiger partial charge in [0.05, 0.1) is 5.41 Å². The molecular weight excluding hydrogens is 285 g/mol. The predicted molar refractivity (Wildman–Crippen MR) is 85.4 cm³/mol. The first kappa shape index (κ1) is 17.4. The van der Waals surface area contributed by atoms with Gasteiger partial charge in [0.15, 0.2) is 0 Å². The molecule has 0 aliphatic heterocycles. The summed E-state index contributed by atoms with van der Waals surface area (Å²) in [7, 11) is 0. The molecule has 0 atom stereocenters. The molecule has 0 heterocycles. The zero-order valence-electron chi connectivity index (χ0n) is 14.3. The van der Waals surface area contributed by atoms with Crippen LogP contribution in [0.15, 0.2) is 12.1 Å². The molecular formula is C19H27F3. The Morgan fingerprint density at radius 2 is 1.64 bits per heavy atom. The van der Waals surface area contributed by atoms with Crippen LogP contribution < -0.4 is 0 Å². The Morgan fingerprint density at radius 1 is 1.09 bits per heavy atom. The van der Waals surface area contributed by atoms with Crippen LogP contribution in [0.1, 0.15) is 80.5 Å². The third-order valence-electron chi connectivity index (χ3n) is 5.60. The Hall–Kier alpha value is -0.990. The van der Waals surface area contributed by atoms with Gasteiger partial charge in [0, 0.05) is 0 Å². The van der Waals surface area contributed by atoms with E-state index < -0.39 is 11.6 Å². The quantitative estimate of drug-likeness (QED) is 0.573. The van der Waals surface area contributed by atoms with Crippen LogP contribution >= 0.6 is 0 Å². The molecule has 0 unspecified atom stereocenters. The van der Waals surface area contributed by atoms with Crippen LogP contribution in [-0.4, -0.2) is 6.18 Å². The van der Waals surface area contributed by atoms with Crippen molar-refractivity contribution in [3.63, 3.8) is 0 Å². The van der Waals surface area contributed by atoms with E-state index in [4.69, 9.17) is 0 Å². The number of alkyl halides is 3. The van der Waals surface area contributed by atoms with Crippen LogP contribution in [-0.2, 0) is 0 Å². The Bertz CT molecular complexity index is 532. The normalized spacial score (nSPS) is 26.5. The molecule has 0 bridgehead atoms. The van der Waals surface area contributed by atoms with Crippen molar-refractivity contribution in [1.82, 2.24) is 0 Å². The zero-order chi connectivity index (χ0) is 16.7. The van der Waals surface area contributed by atoms with E-state index in [0.29, 0.717) is 18.8 Å². The number of hydrogen-bond acceptors (Lipinski definition) is 0. The van der Waals surface area contributed by atoms with Gasteiger partial charge in [-0.05, 0) is 73.6 Å². The highest BCUT2D eigenvalue weighted by molar-refractivity contribution is 5.41. The van der Waals surface area contributed by atoms with Crippen LogP contribution in [0.25, 0.3) is 0 Å². The zero-order valence-corrected chi connectivity index (χ0v) is 14.3. The summed E-state index contributed by atoms with van der Waals surface area (Å²) >= 11 is 0. The average Bonchev–Trinajstić information content (AvgIpc) is 2.41. The summed E-state index contributed by atoms with van der Waals surface area (Å²) in [5.41, 5.74) is 3.64. The van der Waals surface area contributed by atoms with Crippen molar-refractivity contribution in [3.8, 4) is 0 Å². The maximum absolute atomic E-state index is 13.1. The largest absolute Gasteiger partial charge is 0.394 e. The molecule has 1 aromatic carbocycles. The lowest BCUT2D eigenvalue weighted by Gasteiger charge is -2.39. The second-order valence-corrected chi connectivity index (χ2v) is 7.54. The van der Waals surface area contributed by atoms with E-state index in [9.17, 15) is 13.2 Å². The molecule has 3 heteroatoms. The summed E-state index contributed by atoms with van der Waals surface area (Å²) in [4.78, 5) is 0. The third kappa shape index (κ3) is 3.18. The first-order chi connectivity index (χ1) is 10.0. The Balaban J connectivity index is 2.22. The second kappa shape index (κ2) is 5.90. The molecule has 0 amide bonds. The summed E-state index contributed by atoms with van der Waals surface area (Å²) < 4.78 is 39.4. The van der Waals surface area contributed by atoms with Crippen LogP contribution in [0.3, 0.4) is 0 Å². The fourth-order valence-corrected chi connectivity index (χ4v) is 3.62. The van der Waals surface area contributed by atoms with Gasteiger partial charge in [-0.1, -0.05) is 32.9 Å². The minimum absolute atomic E-state index is 0.241. The monoisotopic (exact) mass is 312 g/mol. The molecule has 22 heavy (non-hydrogen) atoms. The maximum Gasteiger partial charge on any atom is 0.394 e. The van der Waals surface area contributed by atoms with Crippen LogP contribution in [0.2, 0.25) is 0 Å². The molecule has 1 aromatic rings. The van der Waals surface area contributed by atoms with Crippen molar-refractivity contribution in [2.45, 2.75) is 78.3 Å². The molecule has 1 aliphatic rings. The first-order valence-corrected chi connectivity index (χ1v) is 8.23. The number of aryl methyl sites for hydroxylation is 1. The lowest BCUT2D eigenvalue weighted by atomic mass is 9.69. The highest BCUT2D eigenvalue weighted by atomic mass is 19.4. The first-order valence-electron chi connectivity index (χ1n) is 8.23. The Kier molecular flexibility index (Phi) is 4.66. The summed E-state index contributed by atoms with van der Waals surface area (Å²) in [6.45, 7) is 9.97. The van der Waals surface area contributed by atoms with Gasteiger partial charge in [-0.25, -0.2) is 0 Å². The lowest BCUT2D eigenvalue weighted by Crippen LogP contribution is -2.38. The van der Waals surface area contributed by atoms with E-state index in [1.165, 1.54) is 29.2 Å². The Morgan fingerprint density at radius 3 is 2.09 bits per heavy atom. The molecule has 124 valence electrons. The lowest BCUT2D eigenvalue weighted by molar-refractivity contribution is -0.228. The highest BCUT2D eigenvalue weighted by Crippen LogP contribution is 2.52. The number of halogens is 3. The van der Waals surface area contributed by atoms with Crippen molar-refractivity contribution in [3.05, 3.63) is 34.4 Å². The summed E-state index contributed by atoms with van der Waals surface area (Å²) in [6.07, 6.45) is -2.33. The molecule has 1 aliphatic carbocycles.